The molecule has 2 aromatic carbocycles. The number of benzene rings is 2. The van der Waals surface area contributed by atoms with E-state index in [0.29, 0.717) is 11.4 Å². The smallest absolute Gasteiger partial charge is 0.137 e. The Kier molecular flexibility index (Phi) is 3.32. The SMILES string of the molecule is NC(=S)Cc1c(-c2ccc3ccccc3c2)nc2ccccn12. The Morgan fingerprint density at radius 3 is 2.61 bits per heavy atom. The molecule has 2 aromatic heterocycles. The van der Waals surface area contributed by atoms with Crippen LogP contribution in [0, 0.1) is 0 Å². The van der Waals surface area contributed by atoms with Crippen molar-refractivity contribution in [3.05, 3.63) is 72.6 Å². The first kappa shape index (κ1) is 13.9. The largest absolute Gasteiger partial charge is 0.393 e. The molecule has 0 bridgehead atoms. The number of thiocarbonyl (C=S) groups is 1. The molecule has 0 aliphatic heterocycles. The van der Waals surface area contributed by atoms with E-state index in [-0.39, 0.29) is 0 Å². The molecule has 4 aromatic rings. The molecular formula is C19H15N3S. The molecule has 2 N–H and O–H groups in total. The van der Waals surface area contributed by atoms with E-state index >= 15 is 0 Å². The van der Waals surface area contributed by atoms with Crippen molar-refractivity contribution in [3.63, 3.8) is 0 Å². The highest BCUT2D eigenvalue weighted by Gasteiger charge is 2.14. The van der Waals surface area contributed by atoms with Crippen molar-refractivity contribution in [1.82, 2.24) is 9.38 Å². The zero-order valence-corrected chi connectivity index (χ0v) is 13.3. The lowest BCUT2D eigenvalue weighted by Crippen LogP contribution is -2.13. The summed E-state index contributed by atoms with van der Waals surface area (Å²) in [6.07, 6.45) is 2.53. The number of fused-ring (bicyclic) bond motifs is 2. The van der Waals surface area contributed by atoms with Crippen molar-refractivity contribution < 1.29 is 0 Å². The summed E-state index contributed by atoms with van der Waals surface area (Å²) in [6.45, 7) is 0. The average Bonchev–Trinajstić information content (AvgIpc) is 2.93. The van der Waals surface area contributed by atoms with Crippen LogP contribution in [0.3, 0.4) is 0 Å². The summed E-state index contributed by atoms with van der Waals surface area (Å²) in [5, 5.41) is 2.42. The zero-order valence-electron chi connectivity index (χ0n) is 12.4. The van der Waals surface area contributed by atoms with Crippen LogP contribution in [0.15, 0.2) is 66.9 Å². The molecule has 3 nitrogen and oxygen atoms in total. The second-order valence-corrected chi connectivity index (χ2v) is 6.07. The number of rotatable bonds is 3. The van der Waals surface area contributed by atoms with Crippen LogP contribution in [-0.2, 0) is 6.42 Å². The fourth-order valence-electron chi connectivity index (χ4n) is 2.95. The molecule has 0 amide bonds. The van der Waals surface area contributed by atoms with Gasteiger partial charge in [0.1, 0.15) is 5.65 Å². The molecule has 4 rings (SSSR count). The van der Waals surface area contributed by atoms with Crippen molar-refractivity contribution in [2.24, 2.45) is 5.73 Å². The number of hydrogen-bond acceptors (Lipinski definition) is 2. The van der Waals surface area contributed by atoms with Crippen LogP contribution >= 0.6 is 12.2 Å². The molecule has 0 aliphatic rings. The van der Waals surface area contributed by atoms with E-state index in [4.69, 9.17) is 22.9 Å². The van der Waals surface area contributed by atoms with Gasteiger partial charge in [-0.25, -0.2) is 4.98 Å². The average molecular weight is 317 g/mol. The molecule has 0 atom stereocenters. The summed E-state index contributed by atoms with van der Waals surface area (Å²) in [5.41, 5.74) is 9.76. The van der Waals surface area contributed by atoms with E-state index in [1.54, 1.807) is 0 Å². The zero-order chi connectivity index (χ0) is 15.8. The van der Waals surface area contributed by atoms with Gasteiger partial charge in [-0.15, -0.1) is 0 Å². The normalized spacial score (nSPS) is 11.1. The Labute approximate surface area is 139 Å². The Morgan fingerprint density at radius 1 is 1.00 bits per heavy atom. The van der Waals surface area contributed by atoms with E-state index in [1.165, 1.54) is 10.8 Å². The number of pyridine rings is 1. The Hall–Kier alpha value is -2.72. The molecular weight excluding hydrogens is 302 g/mol. The first-order valence-electron chi connectivity index (χ1n) is 7.46. The lowest BCUT2D eigenvalue weighted by molar-refractivity contribution is 1.07. The van der Waals surface area contributed by atoms with E-state index in [1.807, 2.05) is 36.5 Å². The molecule has 0 saturated heterocycles. The van der Waals surface area contributed by atoms with Crippen LogP contribution in [0.5, 0.6) is 0 Å². The van der Waals surface area contributed by atoms with Gasteiger partial charge in [-0.3, -0.25) is 0 Å². The highest BCUT2D eigenvalue weighted by molar-refractivity contribution is 7.80. The van der Waals surface area contributed by atoms with Crippen molar-refractivity contribution >= 4 is 33.6 Å². The Bertz CT molecular complexity index is 1030. The third-order valence-corrected chi connectivity index (χ3v) is 4.14. The molecule has 2 heterocycles. The summed E-state index contributed by atoms with van der Waals surface area (Å²) in [6, 6.07) is 20.7. The van der Waals surface area contributed by atoms with Crippen LogP contribution < -0.4 is 5.73 Å². The Morgan fingerprint density at radius 2 is 1.78 bits per heavy atom. The van der Waals surface area contributed by atoms with Crippen molar-refractivity contribution in [2.45, 2.75) is 6.42 Å². The number of nitrogens with two attached hydrogens (primary N) is 1. The van der Waals surface area contributed by atoms with Gasteiger partial charge >= 0.3 is 0 Å². The van der Waals surface area contributed by atoms with Crippen LogP contribution in [0.1, 0.15) is 5.69 Å². The quantitative estimate of drug-likeness (QED) is 0.581. The monoisotopic (exact) mass is 317 g/mol. The molecule has 0 aliphatic carbocycles. The number of hydrogen-bond donors (Lipinski definition) is 1. The maximum absolute atomic E-state index is 5.80. The van der Waals surface area contributed by atoms with Crippen LogP contribution in [0.4, 0.5) is 0 Å². The maximum Gasteiger partial charge on any atom is 0.137 e. The molecule has 0 fully saturated rings. The third-order valence-electron chi connectivity index (χ3n) is 3.99. The van der Waals surface area contributed by atoms with Crippen LogP contribution in [0.25, 0.3) is 27.7 Å². The number of imidazole rings is 1. The predicted molar refractivity (Wildman–Crippen MR) is 98.6 cm³/mol. The van der Waals surface area contributed by atoms with Crippen LogP contribution in [-0.4, -0.2) is 14.4 Å². The standard InChI is InChI=1S/C19H15N3S/c20-17(23)12-16-19(21-18-7-3-4-10-22(16)18)15-9-8-13-5-1-2-6-14(13)11-15/h1-11H,12H2,(H2,20,23). The van der Waals surface area contributed by atoms with Gasteiger partial charge in [0.25, 0.3) is 0 Å². The highest BCUT2D eigenvalue weighted by atomic mass is 32.1. The number of nitrogens with zero attached hydrogens (tertiary/aromatic N) is 2. The summed E-state index contributed by atoms with van der Waals surface area (Å²) in [7, 11) is 0. The van der Waals surface area contributed by atoms with Gasteiger partial charge in [0.05, 0.1) is 16.4 Å². The number of aromatic nitrogens is 2. The van der Waals surface area contributed by atoms with Crippen molar-refractivity contribution in [2.75, 3.05) is 0 Å². The van der Waals surface area contributed by atoms with Gasteiger partial charge in [0.2, 0.25) is 0 Å². The summed E-state index contributed by atoms with van der Waals surface area (Å²) >= 11 is 5.13. The maximum atomic E-state index is 5.80. The van der Waals surface area contributed by atoms with E-state index in [2.05, 4.69) is 34.7 Å². The van der Waals surface area contributed by atoms with Gasteiger partial charge in [-0.05, 0) is 29.0 Å². The van der Waals surface area contributed by atoms with Crippen LogP contribution in [0.2, 0.25) is 0 Å². The highest BCUT2D eigenvalue weighted by Crippen LogP contribution is 2.28. The fraction of sp³-hybridized carbons (Fsp3) is 0.0526. The van der Waals surface area contributed by atoms with E-state index in [0.717, 1.165) is 22.6 Å². The topological polar surface area (TPSA) is 43.3 Å². The molecule has 0 radical (unpaired) electrons. The summed E-state index contributed by atoms with van der Waals surface area (Å²) < 4.78 is 2.06. The minimum Gasteiger partial charge on any atom is -0.393 e. The van der Waals surface area contributed by atoms with Crippen molar-refractivity contribution in [1.29, 1.82) is 0 Å². The fourth-order valence-corrected chi connectivity index (χ4v) is 3.09. The lowest BCUT2D eigenvalue weighted by atomic mass is 10.0. The third kappa shape index (κ3) is 2.47. The minimum atomic E-state index is 0.470. The predicted octanol–water partition coefficient (Wildman–Crippen LogP) is 3.98. The Balaban J connectivity index is 1.97. The van der Waals surface area contributed by atoms with E-state index < -0.39 is 0 Å². The summed E-state index contributed by atoms with van der Waals surface area (Å²) in [5.74, 6) is 0. The van der Waals surface area contributed by atoms with Crippen molar-refractivity contribution in [3.8, 4) is 11.3 Å². The first-order valence-corrected chi connectivity index (χ1v) is 7.86. The first-order chi connectivity index (χ1) is 11.2. The molecule has 23 heavy (non-hydrogen) atoms. The molecule has 0 saturated carbocycles. The second kappa shape index (κ2) is 5.48. The second-order valence-electron chi connectivity index (χ2n) is 5.54. The van der Waals surface area contributed by atoms with Gasteiger partial charge < -0.3 is 10.1 Å². The molecule has 0 spiro atoms. The summed E-state index contributed by atoms with van der Waals surface area (Å²) in [4.78, 5) is 5.26. The lowest BCUT2D eigenvalue weighted by Gasteiger charge is -2.06. The van der Waals surface area contributed by atoms with E-state index in [9.17, 15) is 0 Å². The molecule has 4 heteroatoms. The molecule has 0 unspecified atom stereocenters. The minimum absolute atomic E-state index is 0.470. The van der Waals surface area contributed by atoms with Gasteiger partial charge in [-0.1, -0.05) is 54.7 Å². The van der Waals surface area contributed by atoms with Gasteiger partial charge in [-0.2, -0.15) is 0 Å². The molecule has 112 valence electrons. The van der Waals surface area contributed by atoms with Gasteiger partial charge in [0.15, 0.2) is 0 Å². The van der Waals surface area contributed by atoms with Gasteiger partial charge in [0, 0.05) is 18.2 Å².